The lowest BCUT2D eigenvalue weighted by Crippen LogP contribution is -2.52. The van der Waals surface area contributed by atoms with E-state index in [0.717, 1.165) is 19.3 Å². The standard InChI is InChI=1S/C16H22ClNOS/c1-12-4-3-9-16(10-12,11-17)18-15(19)13-5-7-14(20-2)8-6-13/h5-8,12H,3-4,9-11H2,1-2H3,(H,18,19). The minimum absolute atomic E-state index is 0.00703. The molecule has 0 aliphatic heterocycles. The third-order valence-corrected chi connectivity index (χ3v) is 5.33. The summed E-state index contributed by atoms with van der Waals surface area (Å²) in [5.41, 5.74) is 0.486. The molecule has 0 saturated heterocycles. The van der Waals surface area contributed by atoms with E-state index in [2.05, 4.69) is 12.2 Å². The predicted molar refractivity (Wildman–Crippen MR) is 86.8 cm³/mol. The zero-order valence-electron chi connectivity index (χ0n) is 12.1. The number of carbonyl (C=O) groups excluding carboxylic acids is 1. The zero-order valence-corrected chi connectivity index (χ0v) is 13.7. The van der Waals surface area contributed by atoms with Crippen molar-refractivity contribution in [2.45, 2.75) is 43.0 Å². The van der Waals surface area contributed by atoms with Crippen molar-refractivity contribution in [2.24, 2.45) is 5.92 Å². The van der Waals surface area contributed by atoms with E-state index < -0.39 is 0 Å². The highest BCUT2D eigenvalue weighted by molar-refractivity contribution is 7.98. The normalized spacial score (nSPS) is 26.2. The first-order chi connectivity index (χ1) is 9.58. The first-order valence-corrected chi connectivity index (χ1v) is 8.87. The molecule has 0 aromatic heterocycles. The number of thioether (sulfide) groups is 1. The number of rotatable bonds is 4. The Balaban J connectivity index is 2.08. The third-order valence-electron chi connectivity index (χ3n) is 4.08. The topological polar surface area (TPSA) is 29.1 Å². The smallest absolute Gasteiger partial charge is 0.251 e. The number of amides is 1. The molecule has 1 amide bonds. The fourth-order valence-electron chi connectivity index (χ4n) is 2.98. The minimum Gasteiger partial charge on any atom is -0.345 e. The largest absolute Gasteiger partial charge is 0.345 e. The molecule has 0 spiro atoms. The molecule has 1 saturated carbocycles. The average molecular weight is 312 g/mol. The van der Waals surface area contributed by atoms with E-state index >= 15 is 0 Å². The summed E-state index contributed by atoms with van der Waals surface area (Å²) >= 11 is 7.84. The Morgan fingerprint density at radius 3 is 2.70 bits per heavy atom. The van der Waals surface area contributed by atoms with Crippen LogP contribution in [0, 0.1) is 5.92 Å². The van der Waals surface area contributed by atoms with Crippen LogP contribution in [0.4, 0.5) is 0 Å². The van der Waals surface area contributed by atoms with Crippen LogP contribution in [0.2, 0.25) is 0 Å². The van der Waals surface area contributed by atoms with Gasteiger partial charge in [0.05, 0.1) is 5.54 Å². The van der Waals surface area contributed by atoms with E-state index in [0.29, 0.717) is 17.4 Å². The Hall–Kier alpha value is -0.670. The van der Waals surface area contributed by atoms with Crippen molar-refractivity contribution >= 4 is 29.3 Å². The lowest BCUT2D eigenvalue weighted by atomic mass is 9.77. The highest BCUT2D eigenvalue weighted by atomic mass is 35.5. The van der Waals surface area contributed by atoms with Crippen LogP contribution in [0.1, 0.15) is 43.0 Å². The lowest BCUT2D eigenvalue weighted by Gasteiger charge is -2.39. The number of nitrogens with one attached hydrogen (secondary N) is 1. The van der Waals surface area contributed by atoms with Gasteiger partial charge in [-0.1, -0.05) is 19.8 Å². The van der Waals surface area contributed by atoms with Crippen LogP contribution in [0.25, 0.3) is 0 Å². The Morgan fingerprint density at radius 2 is 2.15 bits per heavy atom. The molecule has 0 heterocycles. The van der Waals surface area contributed by atoms with Crippen molar-refractivity contribution in [3.05, 3.63) is 29.8 Å². The van der Waals surface area contributed by atoms with Crippen LogP contribution in [0.5, 0.6) is 0 Å². The van der Waals surface area contributed by atoms with Gasteiger partial charge >= 0.3 is 0 Å². The molecule has 0 radical (unpaired) electrons. The molecule has 2 unspecified atom stereocenters. The summed E-state index contributed by atoms with van der Waals surface area (Å²) in [5.74, 6) is 1.11. The van der Waals surface area contributed by atoms with Gasteiger partial charge in [0.25, 0.3) is 5.91 Å². The minimum atomic E-state index is -0.228. The average Bonchev–Trinajstić information content (AvgIpc) is 2.47. The zero-order chi connectivity index (χ0) is 14.6. The van der Waals surface area contributed by atoms with Gasteiger partial charge in [-0.3, -0.25) is 4.79 Å². The first-order valence-electron chi connectivity index (χ1n) is 7.11. The Kier molecular flexibility index (Phi) is 5.39. The third kappa shape index (κ3) is 3.70. The van der Waals surface area contributed by atoms with Gasteiger partial charge in [-0.15, -0.1) is 23.4 Å². The molecule has 110 valence electrons. The second kappa shape index (κ2) is 6.86. The summed E-state index contributed by atoms with van der Waals surface area (Å²) in [6.45, 7) is 2.24. The molecule has 1 aromatic rings. The van der Waals surface area contributed by atoms with Gasteiger partial charge in [-0.25, -0.2) is 0 Å². The predicted octanol–water partition coefficient (Wildman–Crippen LogP) is 4.33. The summed E-state index contributed by atoms with van der Waals surface area (Å²) in [6, 6.07) is 7.73. The van der Waals surface area contributed by atoms with Crippen molar-refractivity contribution in [3.63, 3.8) is 0 Å². The summed E-state index contributed by atoms with van der Waals surface area (Å²) in [7, 11) is 0. The molecule has 1 aromatic carbocycles. The summed E-state index contributed by atoms with van der Waals surface area (Å²) in [5, 5.41) is 3.19. The van der Waals surface area contributed by atoms with Gasteiger partial charge in [0.2, 0.25) is 0 Å². The second-order valence-corrected chi connectivity index (χ2v) is 6.95. The maximum absolute atomic E-state index is 12.4. The number of benzene rings is 1. The van der Waals surface area contributed by atoms with Crippen LogP contribution in [-0.4, -0.2) is 23.6 Å². The van der Waals surface area contributed by atoms with E-state index in [-0.39, 0.29) is 11.4 Å². The van der Waals surface area contributed by atoms with Crippen LogP contribution in [-0.2, 0) is 0 Å². The molecule has 2 atom stereocenters. The number of alkyl halides is 1. The molecular weight excluding hydrogens is 290 g/mol. The Bertz CT molecular complexity index is 462. The van der Waals surface area contributed by atoms with Crippen LogP contribution < -0.4 is 5.32 Å². The van der Waals surface area contributed by atoms with Crippen LogP contribution >= 0.6 is 23.4 Å². The molecular formula is C16H22ClNOS. The Morgan fingerprint density at radius 1 is 1.45 bits per heavy atom. The van der Waals surface area contributed by atoms with E-state index in [1.807, 2.05) is 30.5 Å². The van der Waals surface area contributed by atoms with Crippen LogP contribution in [0.3, 0.4) is 0 Å². The molecule has 1 aliphatic carbocycles. The fraction of sp³-hybridized carbons (Fsp3) is 0.562. The van der Waals surface area contributed by atoms with Gasteiger partial charge < -0.3 is 5.32 Å². The van der Waals surface area contributed by atoms with E-state index in [1.165, 1.54) is 11.3 Å². The number of hydrogen-bond donors (Lipinski definition) is 1. The molecule has 1 aliphatic rings. The van der Waals surface area contributed by atoms with Gasteiger partial charge in [0.1, 0.15) is 0 Å². The fourth-order valence-corrected chi connectivity index (χ4v) is 3.70. The van der Waals surface area contributed by atoms with Crippen molar-refractivity contribution in [1.29, 1.82) is 0 Å². The van der Waals surface area contributed by atoms with E-state index in [4.69, 9.17) is 11.6 Å². The first kappa shape index (κ1) is 15.7. The van der Waals surface area contributed by atoms with Gasteiger partial charge in [-0.2, -0.15) is 0 Å². The highest BCUT2D eigenvalue weighted by Crippen LogP contribution is 2.33. The molecule has 4 heteroatoms. The summed E-state index contributed by atoms with van der Waals surface area (Å²) in [4.78, 5) is 13.6. The van der Waals surface area contributed by atoms with E-state index in [9.17, 15) is 4.79 Å². The molecule has 20 heavy (non-hydrogen) atoms. The van der Waals surface area contributed by atoms with Gasteiger partial charge in [-0.05, 0) is 49.3 Å². The quantitative estimate of drug-likeness (QED) is 0.662. The van der Waals surface area contributed by atoms with Gasteiger partial charge in [0.15, 0.2) is 0 Å². The second-order valence-electron chi connectivity index (χ2n) is 5.80. The Labute approximate surface area is 130 Å². The maximum Gasteiger partial charge on any atom is 0.251 e. The monoisotopic (exact) mass is 311 g/mol. The highest BCUT2D eigenvalue weighted by Gasteiger charge is 2.35. The van der Waals surface area contributed by atoms with Gasteiger partial charge in [0, 0.05) is 16.3 Å². The molecule has 2 nitrogen and oxygen atoms in total. The van der Waals surface area contributed by atoms with Crippen molar-refractivity contribution < 1.29 is 4.79 Å². The number of halogens is 1. The number of hydrogen-bond acceptors (Lipinski definition) is 2. The van der Waals surface area contributed by atoms with E-state index in [1.54, 1.807) is 11.8 Å². The molecule has 1 fully saturated rings. The summed E-state index contributed by atoms with van der Waals surface area (Å²) < 4.78 is 0. The molecule has 2 rings (SSSR count). The maximum atomic E-state index is 12.4. The molecule has 1 N–H and O–H groups in total. The SMILES string of the molecule is CSc1ccc(C(=O)NC2(CCl)CCCC(C)C2)cc1. The van der Waals surface area contributed by atoms with Crippen molar-refractivity contribution in [2.75, 3.05) is 12.1 Å². The number of carbonyl (C=O) groups is 1. The summed E-state index contributed by atoms with van der Waals surface area (Å²) in [6.07, 6.45) is 6.36. The molecule has 0 bridgehead atoms. The van der Waals surface area contributed by atoms with Crippen molar-refractivity contribution in [1.82, 2.24) is 5.32 Å². The lowest BCUT2D eigenvalue weighted by molar-refractivity contribution is 0.0867. The van der Waals surface area contributed by atoms with Crippen LogP contribution in [0.15, 0.2) is 29.2 Å². The van der Waals surface area contributed by atoms with Crippen molar-refractivity contribution in [3.8, 4) is 0 Å².